The minimum atomic E-state index is -0.439. The number of carbonyl (C=O) groups is 2. The zero-order valence-electron chi connectivity index (χ0n) is 20.0. The van der Waals surface area contributed by atoms with Crippen molar-refractivity contribution in [3.05, 3.63) is 118 Å². The van der Waals surface area contributed by atoms with Crippen LogP contribution in [-0.4, -0.2) is 21.3 Å². The molecular weight excluding hydrogens is 488 g/mol. The zero-order chi connectivity index (χ0) is 26.1. The topological polar surface area (TPSA) is 97.5 Å². The van der Waals surface area contributed by atoms with E-state index in [1.165, 1.54) is 28.9 Å². The van der Waals surface area contributed by atoms with Gasteiger partial charge in [-0.05, 0) is 80.1 Å². The number of hydrazine groups is 1. The SMILES string of the molecule is Cc1cc(/C=C2/C(=O)NN(c3ccccc3)C2=O)c(C)n1-c1ccc(Sc2ccc([N+](=O)[O-])cc2)cc1. The fourth-order valence-electron chi connectivity index (χ4n) is 4.24. The molecule has 0 unspecified atom stereocenters. The fourth-order valence-corrected chi connectivity index (χ4v) is 5.05. The second-order valence-corrected chi connectivity index (χ2v) is 9.63. The molecule has 0 saturated carbocycles. The highest BCUT2D eigenvalue weighted by Crippen LogP contribution is 2.31. The number of carbonyl (C=O) groups excluding carboxylic acids is 2. The minimum Gasteiger partial charge on any atom is -0.318 e. The van der Waals surface area contributed by atoms with Gasteiger partial charge in [0.1, 0.15) is 5.57 Å². The number of nitro groups is 1. The van der Waals surface area contributed by atoms with Crippen LogP contribution in [0.1, 0.15) is 17.0 Å². The molecule has 184 valence electrons. The first-order valence-corrected chi connectivity index (χ1v) is 12.3. The first-order chi connectivity index (χ1) is 17.8. The summed E-state index contributed by atoms with van der Waals surface area (Å²) in [4.78, 5) is 37.9. The summed E-state index contributed by atoms with van der Waals surface area (Å²) in [5.41, 5.74) is 6.97. The van der Waals surface area contributed by atoms with Crippen LogP contribution in [-0.2, 0) is 9.59 Å². The third-order valence-corrected chi connectivity index (χ3v) is 7.07. The number of non-ortho nitro benzene ring substituents is 1. The monoisotopic (exact) mass is 510 g/mol. The molecule has 0 radical (unpaired) electrons. The lowest BCUT2D eigenvalue weighted by Gasteiger charge is -2.13. The highest BCUT2D eigenvalue weighted by atomic mass is 32.2. The Morgan fingerprint density at radius 3 is 2.11 bits per heavy atom. The molecule has 3 aromatic carbocycles. The number of nitrogens with one attached hydrogen (secondary N) is 1. The van der Waals surface area contributed by atoms with Gasteiger partial charge in [0, 0.05) is 39.0 Å². The first kappa shape index (κ1) is 24.1. The predicted octanol–water partition coefficient (Wildman–Crippen LogP) is 5.61. The molecule has 1 N–H and O–H groups in total. The average molecular weight is 511 g/mol. The highest BCUT2D eigenvalue weighted by Gasteiger charge is 2.34. The van der Waals surface area contributed by atoms with Gasteiger partial charge in [-0.15, -0.1) is 0 Å². The van der Waals surface area contributed by atoms with Gasteiger partial charge in [-0.2, -0.15) is 0 Å². The van der Waals surface area contributed by atoms with Gasteiger partial charge in [0.05, 0.1) is 10.6 Å². The Balaban J connectivity index is 1.37. The van der Waals surface area contributed by atoms with E-state index >= 15 is 0 Å². The minimum absolute atomic E-state index is 0.0635. The number of aromatic nitrogens is 1. The van der Waals surface area contributed by atoms with E-state index in [4.69, 9.17) is 0 Å². The van der Waals surface area contributed by atoms with E-state index < -0.39 is 16.7 Å². The molecule has 0 atom stereocenters. The van der Waals surface area contributed by atoms with Crippen molar-refractivity contribution in [1.29, 1.82) is 0 Å². The molecule has 37 heavy (non-hydrogen) atoms. The van der Waals surface area contributed by atoms with E-state index in [1.54, 1.807) is 42.5 Å². The lowest BCUT2D eigenvalue weighted by molar-refractivity contribution is -0.384. The second-order valence-electron chi connectivity index (χ2n) is 8.48. The van der Waals surface area contributed by atoms with Gasteiger partial charge in [-0.1, -0.05) is 30.0 Å². The Morgan fingerprint density at radius 1 is 0.865 bits per heavy atom. The number of anilines is 1. The van der Waals surface area contributed by atoms with Crippen molar-refractivity contribution in [1.82, 2.24) is 9.99 Å². The van der Waals surface area contributed by atoms with Gasteiger partial charge in [-0.25, -0.2) is 5.01 Å². The van der Waals surface area contributed by atoms with E-state index in [-0.39, 0.29) is 11.3 Å². The van der Waals surface area contributed by atoms with E-state index in [0.29, 0.717) is 5.69 Å². The van der Waals surface area contributed by atoms with Crippen LogP contribution in [0.3, 0.4) is 0 Å². The number of nitrogens with zero attached hydrogens (tertiary/aromatic N) is 3. The number of amides is 2. The normalized spacial score (nSPS) is 14.3. The van der Waals surface area contributed by atoms with Crippen LogP contribution in [0.4, 0.5) is 11.4 Å². The molecule has 2 amide bonds. The van der Waals surface area contributed by atoms with Gasteiger partial charge < -0.3 is 4.57 Å². The molecule has 1 aromatic heterocycles. The van der Waals surface area contributed by atoms with Crippen LogP contribution in [0.15, 0.2) is 100 Å². The Morgan fingerprint density at radius 2 is 1.49 bits per heavy atom. The summed E-state index contributed by atoms with van der Waals surface area (Å²) in [6, 6.07) is 25.4. The quantitative estimate of drug-likeness (QED) is 0.157. The standard InChI is InChI=1S/C28H22N4O4S/c1-18-16-20(17-26-27(33)29-31(28(26)34)22-6-4-3-5-7-22)19(2)30(18)21-8-12-24(13-9-21)37-25-14-10-23(11-15-25)32(35)36/h3-17H,1-2H3,(H,29,33)/b26-17-. The van der Waals surface area contributed by atoms with Crippen LogP contribution in [0.2, 0.25) is 0 Å². The molecule has 0 aliphatic carbocycles. The summed E-state index contributed by atoms with van der Waals surface area (Å²) >= 11 is 1.52. The van der Waals surface area contributed by atoms with Gasteiger partial charge in [0.25, 0.3) is 17.5 Å². The van der Waals surface area contributed by atoms with Crippen LogP contribution in [0.5, 0.6) is 0 Å². The average Bonchev–Trinajstić information content (AvgIpc) is 3.34. The molecule has 2 heterocycles. The Bertz CT molecular complexity index is 1540. The van der Waals surface area contributed by atoms with Gasteiger partial charge >= 0.3 is 0 Å². The molecular formula is C28H22N4O4S. The lowest BCUT2D eigenvalue weighted by Crippen LogP contribution is -2.35. The molecule has 1 fully saturated rings. The van der Waals surface area contributed by atoms with Crippen molar-refractivity contribution in [2.45, 2.75) is 23.6 Å². The van der Waals surface area contributed by atoms with E-state index in [9.17, 15) is 19.7 Å². The van der Waals surface area contributed by atoms with Crippen molar-refractivity contribution in [3.8, 4) is 5.69 Å². The maximum Gasteiger partial charge on any atom is 0.282 e. The Labute approximate surface area is 217 Å². The molecule has 4 aromatic rings. The van der Waals surface area contributed by atoms with Gasteiger partial charge in [-0.3, -0.25) is 25.1 Å². The van der Waals surface area contributed by atoms with Crippen LogP contribution in [0.25, 0.3) is 11.8 Å². The maximum absolute atomic E-state index is 13.0. The zero-order valence-corrected chi connectivity index (χ0v) is 20.9. The molecule has 5 rings (SSSR count). The molecule has 0 bridgehead atoms. The molecule has 0 spiro atoms. The van der Waals surface area contributed by atoms with Crippen molar-refractivity contribution < 1.29 is 14.5 Å². The highest BCUT2D eigenvalue weighted by molar-refractivity contribution is 7.99. The Kier molecular flexibility index (Phi) is 6.37. The number of hydrogen-bond donors (Lipinski definition) is 1. The van der Waals surface area contributed by atoms with Gasteiger partial charge in [0.15, 0.2) is 0 Å². The summed E-state index contributed by atoms with van der Waals surface area (Å²) in [5.74, 6) is -0.833. The number of rotatable bonds is 6. The second kappa shape index (κ2) is 9.79. The van der Waals surface area contributed by atoms with Crippen molar-refractivity contribution in [3.63, 3.8) is 0 Å². The number of hydrogen-bond acceptors (Lipinski definition) is 5. The smallest absolute Gasteiger partial charge is 0.282 e. The summed E-state index contributed by atoms with van der Waals surface area (Å²) in [6.45, 7) is 3.92. The van der Waals surface area contributed by atoms with Crippen molar-refractivity contribution in [2.75, 3.05) is 5.01 Å². The van der Waals surface area contributed by atoms with E-state index in [1.807, 2.05) is 50.2 Å². The number of para-hydroxylation sites is 1. The third-order valence-electron chi connectivity index (χ3n) is 6.05. The summed E-state index contributed by atoms with van der Waals surface area (Å²) in [6.07, 6.45) is 1.64. The fraction of sp³-hybridized carbons (Fsp3) is 0.0714. The van der Waals surface area contributed by atoms with Crippen LogP contribution < -0.4 is 10.4 Å². The number of benzene rings is 3. The number of aryl methyl sites for hydroxylation is 1. The molecule has 1 aliphatic rings. The van der Waals surface area contributed by atoms with Crippen LogP contribution in [0, 0.1) is 24.0 Å². The Hall–Kier alpha value is -4.63. The van der Waals surface area contributed by atoms with Crippen LogP contribution >= 0.6 is 11.8 Å². The molecule has 1 saturated heterocycles. The molecule has 9 heteroatoms. The van der Waals surface area contributed by atoms with E-state index in [2.05, 4.69) is 9.99 Å². The summed E-state index contributed by atoms with van der Waals surface area (Å²) in [5, 5.41) is 12.1. The lowest BCUT2D eigenvalue weighted by atomic mass is 10.1. The predicted molar refractivity (Wildman–Crippen MR) is 143 cm³/mol. The largest absolute Gasteiger partial charge is 0.318 e. The maximum atomic E-state index is 13.0. The molecule has 1 aliphatic heterocycles. The summed E-state index contributed by atoms with van der Waals surface area (Å²) in [7, 11) is 0. The third kappa shape index (κ3) is 4.76. The van der Waals surface area contributed by atoms with Crippen molar-refractivity contribution >= 4 is 41.0 Å². The first-order valence-electron chi connectivity index (χ1n) is 11.5. The van der Waals surface area contributed by atoms with E-state index in [0.717, 1.165) is 32.4 Å². The summed E-state index contributed by atoms with van der Waals surface area (Å²) < 4.78 is 2.07. The molecule has 8 nitrogen and oxygen atoms in total. The van der Waals surface area contributed by atoms with Crippen molar-refractivity contribution in [2.24, 2.45) is 0 Å². The number of nitro benzene ring substituents is 1. The van der Waals surface area contributed by atoms with Gasteiger partial charge in [0.2, 0.25) is 0 Å².